The molecule has 4 nitrogen and oxygen atoms in total. The summed E-state index contributed by atoms with van der Waals surface area (Å²) >= 11 is 0. The summed E-state index contributed by atoms with van der Waals surface area (Å²) in [7, 11) is 4.26. The van der Waals surface area contributed by atoms with E-state index >= 15 is 0 Å². The molecular formula is C16H30N4. The SMILES string of the molecule is CN(C)CC(C)(C)CNc1nccn1C1CCCCC1. The Bertz CT molecular complexity index is 402. The van der Waals surface area contributed by atoms with Crippen molar-refractivity contribution < 1.29 is 0 Å². The fourth-order valence-electron chi connectivity index (χ4n) is 3.33. The van der Waals surface area contributed by atoms with E-state index in [4.69, 9.17) is 0 Å². The molecule has 0 aromatic carbocycles. The summed E-state index contributed by atoms with van der Waals surface area (Å²) < 4.78 is 2.35. The zero-order valence-electron chi connectivity index (χ0n) is 13.5. The van der Waals surface area contributed by atoms with Gasteiger partial charge in [0.25, 0.3) is 0 Å². The number of nitrogens with one attached hydrogen (secondary N) is 1. The molecule has 1 saturated carbocycles. The van der Waals surface area contributed by atoms with E-state index in [1.54, 1.807) is 0 Å². The molecule has 1 aliphatic carbocycles. The Labute approximate surface area is 123 Å². The van der Waals surface area contributed by atoms with E-state index in [-0.39, 0.29) is 5.41 Å². The minimum Gasteiger partial charge on any atom is -0.355 e. The second-order valence-corrected chi connectivity index (χ2v) is 7.21. The van der Waals surface area contributed by atoms with Crippen LogP contribution in [-0.4, -0.2) is 41.6 Å². The molecule has 0 radical (unpaired) electrons. The molecule has 1 N–H and O–H groups in total. The lowest BCUT2D eigenvalue weighted by molar-refractivity contribution is 0.253. The molecule has 1 aliphatic rings. The number of rotatable bonds is 6. The first-order valence-corrected chi connectivity index (χ1v) is 7.89. The maximum absolute atomic E-state index is 4.51. The topological polar surface area (TPSA) is 33.1 Å². The summed E-state index contributed by atoms with van der Waals surface area (Å²) in [5.74, 6) is 1.05. The number of nitrogens with zero attached hydrogens (tertiary/aromatic N) is 3. The maximum Gasteiger partial charge on any atom is 0.203 e. The summed E-state index contributed by atoms with van der Waals surface area (Å²) in [4.78, 5) is 6.76. The van der Waals surface area contributed by atoms with Crippen LogP contribution in [0.15, 0.2) is 12.4 Å². The molecule has 0 atom stereocenters. The van der Waals surface area contributed by atoms with E-state index in [1.165, 1.54) is 32.1 Å². The Morgan fingerprint density at radius 1 is 1.30 bits per heavy atom. The molecule has 0 aliphatic heterocycles. The van der Waals surface area contributed by atoms with Crippen LogP contribution in [0.2, 0.25) is 0 Å². The van der Waals surface area contributed by atoms with Gasteiger partial charge in [-0.05, 0) is 32.4 Å². The fraction of sp³-hybridized carbons (Fsp3) is 0.812. The van der Waals surface area contributed by atoms with E-state index in [9.17, 15) is 0 Å². The molecule has 2 rings (SSSR count). The summed E-state index contributed by atoms with van der Waals surface area (Å²) in [5, 5.41) is 3.56. The average molecular weight is 278 g/mol. The van der Waals surface area contributed by atoms with Crippen LogP contribution in [0.4, 0.5) is 5.95 Å². The van der Waals surface area contributed by atoms with Gasteiger partial charge in [-0.25, -0.2) is 4.98 Å². The van der Waals surface area contributed by atoms with Crippen molar-refractivity contribution in [3.05, 3.63) is 12.4 Å². The van der Waals surface area contributed by atoms with Crippen molar-refractivity contribution in [3.63, 3.8) is 0 Å². The van der Waals surface area contributed by atoms with Gasteiger partial charge in [0.2, 0.25) is 5.95 Å². The van der Waals surface area contributed by atoms with Crippen LogP contribution in [0.1, 0.15) is 52.0 Å². The van der Waals surface area contributed by atoms with Crippen LogP contribution >= 0.6 is 0 Å². The molecule has 4 heteroatoms. The smallest absolute Gasteiger partial charge is 0.203 e. The van der Waals surface area contributed by atoms with E-state index in [0.29, 0.717) is 6.04 Å². The van der Waals surface area contributed by atoms with Gasteiger partial charge in [0.15, 0.2) is 0 Å². The van der Waals surface area contributed by atoms with Crippen molar-refractivity contribution >= 4 is 5.95 Å². The normalized spacial score (nSPS) is 17.6. The highest BCUT2D eigenvalue weighted by Gasteiger charge is 2.21. The van der Waals surface area contributed by atoms with E-state index in [1.807, 2.05) is 6.20 Å². The highest BCUT2D eigenvalue weighted by atomic mass is 15.2. The molecule has 0 saturated heterocycles. The standard InChI is InChI=1S/C16H30N4/c1-16(2,13-19(3)4)12-18-15-17-10-11-20(15)14-8-6-5-7-9-14/h10-11,14H,5-9,12-13H2,1-4H3,(H,17,18). The Kier molecular flexibility index (Phi) is 5.08. The van der Waals surface area contributed by atoms with Gasteiger partial charge in [0.1, 0.15) is 0 Å². The molecule has 20 heavy (non-hydrogen) atoms. The monoisotopic (exact) mass is 278 g/mol. The van der Waals surface area contributed by atoms with Gasteiger partial charge in [-0.15, -0.1) is 0 Å². The first-order valence-electron chi connectivity index (χ1n) is 7.89. The zero-order valence-corrected chi connectivity index (χ0v) is 13.5. The molecule has 1 heterocycles. The van der Waals surface area contributed by atoms with Gasteiger partial charge in [-0.1, -0.05) is 33.1 Å². The first kappa shape index (κ1) is 15.4. The number of hydrogen-bond acceptors (Lipinski definition) is 3. The summed E-state index contributed by atoms with van der Waals surface area (Å²) in [5.41, 5.74) is 0.243. The van der Waals surface area contributed by atoms with Gasteiger partial charge in [-0.2, -0.15) is 0 Å². The number of aromatic nitrogens is 2. The third kappa shape index (κ3) is 4.23. The largest absolute Gasteiger partial charge is 0.355 e. The Balaban J connectivity index is 1.94. The molecule has 1 fully saturated rings. The third-order valence-corrected chi connectivity index (χ3v) is 4.11. The van der Waals surface area contributed by atoms with Crippen molar-refractivity contribution in [2.75, 3.05) is 32.5 Å². The van der Waals surface area contributed by atoms with E-state index < -0.39 is 0 Å². The number of imidazole rings is 1. The minimum absolute atomic E-state index is 0.243. The van der Waals surface area contributed by atoms with Crippen LogP contribution in [0.5, 0.6) is 0 Å². The molecule has 0 amide bonds. The second-order valence-electron chi connectivity index (χ2n) is 7.21. The van der Waals surface area contributed by atoms with Crippen molar-refractivity contribution in [2.24, 2.45) is 5.41 Å². The van der Waals surface area contributed by atoms with Crippen molar-refractivity contribution in [1.82, 2.24) is 14.5 Å². The van der Waals surface area contributed by atoms with Gasteiger partial charge in [-0.3, -0.25) is 0 Å². The quantitative estimate of drug-likeness (QED) is 0.866. The van der Waals surface area contributed by atoms with Crippen LogP contribution in [0.3, 0.4) is 0 Å². The first-order chi connectivity index (χ1) is 9.48. The average Bonchev–Trinajstić information content (AvgIpc) is 2.84. The predicted molar refractivity (Wildman–Crippen MR) is 85.2 cm³/mol. The lowest BCUT2D eigenvalue weighted by Gasteiger charge is -2.30. The van der Waals surface area contributed by atoms with Crippen molar-refractivity contribution in [2.45, 2.75) is 52.0 Å². The summed E-state index contributed by atoms with van der Waals surface area (Å²) in [6.07, 6.45) is 10.8. The van der Waals surface area contributed by atoms with Gasteiger partial charge >= 0.3 is 0 Å². The molecule has 0 unspecified atom stereocenters. The Morgan fingerprint density at radius 3 is 2.65 bits per heavy atom. The highest BCUT2D eigenvalue weighted by molar-refractivity contribution is 5.27. The highest BCUT2D eigenvalue weighted by Crippen LogP contribution is 2.30. The fourth-order valence-corrected chi connectivity index (χ4v) is 3.33. The number of hydrogen-bond donors (Lipinski definition) is 1. The van der Waals surface area contributed by atoms with Crippen LogP contribution < -0.4 is 5.32 Å². The Hall–Kier alpha value is -1.03. The van der Waals surface area contributed by atoms with E-state index in [0.717, 1.165) is 19.0 Å². The van der Waals surface area contributed by atoms with Crippen LogP contribution in [-0.2, 0) is 0 Å². The second kappa shape index (κ2) is 6.61. The molecule has 0 bridgehead atoms. The number of anilines is 1. The van der Waals surface area contributed by atoms with Gasteiger partial charge in [0.05, 0.1) is 0 Å². The third-order valence-electron chi connectivity index (χ3n) is 4.11. The van der Waals surface area contributed by atoms with E-state index in [2.05, 4.69) is 53.9 Å². The molecular weight excluding hydrogens is 248 g/mol. The molecule has 0 spiro atoms. The zero-order chi connectivity index (χ0) is 14.6. The summed E-state index contributed by atoms with van der Waals surface area (Å²) in [6.45, 7) is 6.63. The predicted octanol–water partition coefficient (Wildman–Crippen LogP) is 3.39. The van der Waals surface area contributed by atoms with Gasteiger partial charge < -0.3 is 14.8 Å². The van der Waals surface area contributed by atoms with Gasteiger partial charge in [0, 0.05) is 31.5 Å². The van der Waals surface area contributed by atoms with Crippen molar-refractivity contribution in [1.29, 1.82) is 0 Å². The molecule has 114 valence electrons. The Morgan fingerprint density at radius 2 is 2.00 bits per heavy atom. The molecule has 1 aromatic rings. The van der Waals surface area contributed by atoms with Crippen LogP contribution in [0.25, 0.3) is 0 Å². The molecule has 1 aromatic heterocycles. The minimum atomic E-state index is 0.243. The maximum atomic E-state index is 4.51. The van der Waals surface area contributed by atoms with Crippen molar-refractivity contribution in [3.8, 4) is 0 Å². The lowest BCUT2D eigenvalue weighted by Crippen LogP contribution is -2.35. The van der Waals surface area contributed by atoms with Crippen LogP contribution in [0, 0.1) is 5.41 Å². The lowest BCUT2D eigenvalue weighted by atomic mass is 9.93. The summed E-state index contributed by atoms with van der Waals surface area (Å²) in [6, 6.07) is 0.644.